The first-order chi connectivity index (χ1) is 12.9. The zero-order valence-corrected chi connectivity index (χ0v) is 16.8. The van der Waals surface area contributed by atoms with Crippen LogP contribution in [0.15, 0.2) is 24.3 Å². The van der Waals surface area contributed by atoms with E-state index in [1.54, 1.807) is 24.3 Å². The van der Waals surface area contributed by atoms with Crippen molar-refractivity contribution in [3.8, 4) is 6.07 Å². The Hall–Kier alpha value is -1.87. The lowest BCUT2D eigenvalue weighted by molar-refractivity contribution is -0.153. The summed E-state index contributed by atoms with van der Waals surface area (Å²) in [5, 5.41) is 11.5. The molecule has 5 rings (SSSR count). The van der Waals surface area contributed by atoms with Crippen LogP contribution in [-0.2, 0) is 14.3 Å². The molecule has 0 saturated heterocycles. The van der Waals surface area contributed by atoms with E-state index in [9.17, 15) is 9.59 Å². The number of esters is 1. The zero-order chi connectivity index (χ0) is 19.1. The molecule has 1 aromatic carbocycles. The summed E-state index contributed by atoms with van der Waals surface area (Å²) in [6.45, 7) is -0.277. The second-order valence-corrected chi connectivity index (χ2v) is 10.4. The van der Waals surface area contributed by atoms with E-state index in [-0.39, 0.29) is 28.2 Å². The lowest BCUT2D eigenvalue weighted by Gasteiger charge is -2.60. The fourth-order valence-corrected chi connectivity index (χ4v) is 7.38. The molecule has 0 spiro atoms. The first kappa shape index (κ1) is 18.5. The summed E-state index contributed by atoms with van der Waals surface area (Å²) in [5.74, 6) is 0.801. The van der Waals surface area contributed by atoms with Crippen LogP contribution in [0.1, 0.15) is 50.5 Å². The van der Waals surface area contributed by atoms with Gasteiger partial charge in [0, 0.05) is 10.0 Å². The fourth-order valence-electron chi connectivity index (χ4n) is 5.87. The molecule has 27 heavy (non-hydrogen) atoms. The molecule has 4 aliphatic carbocycles. The third-order valence-electron chi connectivity index (χ3n) is 6.29. The SMILES string of the molecule is N#Cc1ccc(NC(=O)COC(=O)CC23C[C@H]4C[C@@H](CC(Br)(C4)C2)C3)cc1. The van der Waals surface area contributed by atoms with Crippen molar-refractivity contribution < 1.29 is 14.3 Å². The number of carbonyl (C=O) groups excluding carboxylic acids is 2. The van der Waals surface area contributed by atoms with Crippen LogP contribution in [0.3, 0.4) is 0 Å². The number of nitrogens with zero attached hydrogens (tertiary/aromatic N) is 1. The van der Waals surface area contributed by atoms with E-state index in [4.69, 9.17) is 10.00 Å². The highest BCUT2D eigenvalue weighted by Gasteiger charge is 2.57. The maximum atomic E-state index is 12.4. The van der Waals surface area contributed by atoms with Gasteiger partial charge in [-0.1, -0.05) is 15.9 Å². The van der Waals surface area contributed by atoms with Gasteiger partial charge in [0.25, 0.3) is 5.91 Å². The minimum Gasteiger partial charge on any atom is -0.456 e. The lowest BCUT2D eigenvalue weighted by Crippen LogP contribution is -2.53. The van der Waals surface area contributed by atoms with E-state index in [0.29, 0.717) is 17.7 Å². The summed E-state index contributed by atoms with van der Waals surface area (Å²) in [5.41, 5.74) is 1.16. The topological polar surface area (TPSA) is 79.2 Å². The van der Waals surface area contributed by atoms with Crippen molar-refractivity contribution in [3.63, 3.8) is 0 Å². The number of halogens is 1. The molecule has 1 N–H and O–H groups in total. The van der Waals surface area contributed by atoms with Crippen LogP contribution < -0.4 is 5.32 Å². The molecule has 4 bridgehead atoms. The first-order valence-corrected chi connectivity index (χ1v) is 10.3. The Bertz CT molecular complexity index is 785. The van der Waals surface area contributed by atoms with Gasteiger partial charge < -0.3 is 10.1 Å². The standard InChI is InChI=1S/C21H23BrN2O3/c22-21-8-15-5-16(9-21)7-20(6-15,13-21)10-19(26)27-12-18(25)24-17-3-1-14(11-23)2-4-17/h1-4,15-16H,5-10,12-13H2,(H,24,25)/t15-,16-,20?,21?/m1/s1. The summed E-state index contributed by atoms with van der Waals surface area (Å²) >= 11 is 3.96. The Labute approximate surface area is 167 Å². The van der Waals surface area contributed by atoms with E-state index in [1.807, 2.05) is 6.07 Å². The van der Waals surface area contributed by atoms with Crippen LogP contribution in [-0.4, -0.2) is 22.8 Å². The lowest BCUT2D eigenvalue weighted by atomic mass is 9.49. The van der Waals surface area contributed by atoms with Gasteiger partial charge in [-0.15, -0.1) is 0 Å². The number of anilines is 1. The molecule has 0 aliphatic heterocycles. The molecule has 142 valence electrons. The number of alkyl halides is 1. The van der Waals surface area contributed by atoms with Gasteiger partial charge in [-0.05, 0) is 80.0 Å². The molecular weight excluding hydrogens is 408 g/mol. The molecule has 5 nitrogen and oxygen atoms in total. The number of rotatable bonds is 5. The summed E-state index contributed by atoms with van der Waals surface area (Å²) in [4.78, 5) is 24.4. The second kappa shape index (κ2) is 6.94. The number of hydrogen-bond acceptors (Lipinski definition) is 4. The Kier molecular flexibility index (Phi) is 4.75. The van der Waals surface area contributed by atoms with Crippen molar-refractivity contribution in [1.29, 1.82) is 5.26 Å². The van der Waals surface area contributed by atoms with Gasteiger partial charge in [-0.2, -0.15) is 5.26 Å². The molecule has 0 unspecified atom stereocenters. The predicted molar refractivity (Wildman–Crippen MR) is 104 cm³/mol. The van der Waals surface area contributed by atoms with Gasteiger partial charge >= 0.3 is 5.97 Å². The van der Waals surface area contributed by atoms with Crippen molar-refractivity contribution in [2.24, 2.45) is 17.3 Å². The molecule has 0 radical (unpaired) electrons. The van der Waals surface area contributed by atoms with E-state index >= 15 is 0 Å². The van der Waals surface area contributed by atoms with E-state index in [2.05, 4.69) is 21.2 Å². The molecule has 0 heterocycles. The summed E-state index contributed by atoms with van der Waals surface area (Å²) in [6.07, 6.45) is 7.45. The van der Waals surface area contributed by atoms with Gasteiger partial charge in [0.15, 0.2) is 6.61 Å². The second-order valence-electron chi connectivity index (χ2n) is 8.69. The number of carbonyl (C=O) groups is 2. The highest BCUT2D eigenvalue weighted by atomic mass is 79.9. The molecule has 4 aliphatic rings. The van der Waals surface area contributed by atoms with Gasteiger partial charge in [-0.3, -0.25) is 9.59 Å². The average molecular weight is 431 g/mol. The molecule has 1 aromatic rings. The minimum absolute atomic E-state index is 0.0499. The van der Waals surface area contributed by atoms with Gasteiger partial charge in [0.05, 0.1) is 18.1 Å². The third kappa shape index (κ3) is 4.03. The van der Waals surface area contributed by atoms with E-state index in [0.717, 1.165) is 31.1 Å². The Morgan fingerprint density at radius 2 is 1.85 bits per heavy atom. The number of hydrogen-bond donors (Lipinski definition) is 1. The van der Waals surface area contributed by atoms with Crippen LogP contribution >= 0.6 is 15.9 Å². The first-order valence-electron chi connectivity index (χ1n) is 9.52. The van der Waals surface area contributed by atoms with Crippen molar-refractivity contribution in [2.45, 2.75) is 49.3 Å². The average Bonchev–Trinajstić information content (AvgIpc) is 2.58. The number of nitrogens with one attached hydrogen (secondary N) is 1. The van der Waals surface area contributed by atoms with Crippen LogP contribution in [0.2, 0.25) is 0 Å². The Morgan fingerprint density at radius 3 is 2.44 bits per heavy atom. The summed E-state index contributed by atoms with van der Waals surface area (Å²) in [6, 6.07) is 8.60. The monoisotopic (exact) mass is 430 g/mol. The molecule has 1 amide bonds. The maximum absolute atomic E-state index is 12.4. The Morgan fingerprint density at radius 1 is 1.19 bits per heavy atom. The molecule has 6 heteroatoms. The number of amides is 1. The molecule has 0 aromatic heterocycles. The van der Waals surface area contributed by atoms with Crippen molar-refractivity contribution in [3.05, 3.63) is 29.8 Å². The van der Waals surface area contributed by atoms with E-state index in [1.165, 1.54) is 19.3 Å². The van der Waals surface area contributed by atoms with Crippen LogP contribution in [0, 0.1) is 28.6 Å². The highest BCUT2D eigenvalue weighted by Crippen LogP contribution is 2.65. The van der Waals surface area contributed by atoms with Crippen molar-refractivity contribution >= 4 is 33.5 Å². The molecule has 4 fully saturated rings. The number of benzene rings is 1. The molecular formula is C21H23BrN2O3. The number of ether oxygens (including phenoxy) is 1. The van der Waals surface area contributed by atoms with Gasteiger partial charge in [0.2, 0.25) is 0 Å². The van der Waals surface area contributed by atoms with Crippen LogP contribution in [0.4, 0.5) is 5.69 Å². The summed E-state index contributed by atoms with van der Waals surface area (Å²) < 4.78 is 5.49. The normalized spacial score (nSPS) is 33.3. The maximum Gasteiger partial charge on any atom is 0.306 e. The third-order valence-corrected chi connectivity index (χ3v) is 7.22. The Balaban J connectivity index is 1.28. The van der Waals surface area contributed by atoms with Gasteiger partial charge in [-0.25, -0.2) is 0 Å². The van der Waals surface area contributed by atoms with Crippen LogP contribution in [0.5, 0.6) is 0 Å². The fraction of sp³-hybridized carbons (Fsp3) is 0.571. The largest absolute Gasteiger partial charge is 0.456 e. The van der Waals surface area contributed by atoms with Gasteiger partial charge in [0.1, 0.15) is 0 Å². The quantitative estimate of drug-likeness (QED) is 0.561. The highest BCUT2D eigenvalue weighted by molar-refractivity contribution is 9.10. The van der Waals surface area contributed by atoms with Crippen molar-refractivity contribution in [1.82, 2.24) is 0 Å². The molecule has 2 atom stereocenters. The predicted octanol–water partition coefficient (Wildman–Crippen LogP) is 4.16. The number of nitriles is 1. The van der Waals surface area contributed by atoms with Crippen molar-refractivity contribution in [2.75, 3.05) is 11.9 Å². The van der Waals surface area contributed by atoms with E-state index < -0.39 is 0 Å². The smallest absolute Gasteiger partial charge is 0.306 e. The molecule has 4 saturated carbocycles. The van der Waals surface area contributed by atoms with Crippen LogP contribution in [0.25, 0.3) is 0 Å². The summed E-state index contributed by atoms with van der Waals surface area (Å²) in [7, 11) is 0. The zero-order valence-electron chi connectivity index (χ0n) is 15.2. The minimum atomic E-state index is -0.365.